The molecule has 0 bridgehead atoms. The van der Waals surface area contributed by atoms with E-state index in [1.165, 1.54) is 6.42 Å². The van der Waals surface area contributed by atoms with E-state index in [-0.39, 0.29) is 12.0 Å². The molecule has 1 heterocycles. The van der Waals surface area contributed by atoms with E-state index < -0.39 is 5.97 Å². The number of nitrogens with one attached hydrogen (secondary N) is 1. The van der Waals surface area contributed by atoms with Gasteiger partial charge in [0.05, 0.1) is 11.9 Å². The van der Waals surface area contributed by atoms with Crippen LogP contribution in [-0.2, 0) is 4.79 Å². The van der Waals surface area contributed by atoms with E-state index in [2.05, 4.69) is 10.3 Å². The van der Waals surface area contributed by atoms with Gasteiger partial charge in [-0.1, -0.05) is 37.5 Å². The van der Waals surface area contributed by atoms with Crippen LogP contribution in [0.1, 0.15) is 38.5 Å². The highest BCUT2D eigenvalue weighted by Gasteiger charge is 2.34. The Hall–Kier alpha value is -2.10. The number of hydrogen-bond donors (Lipinski definition) is 2. The fourth-order valence-corrected chi connectivity index (χ4v) is 3.35. The van der Waals surface area contributed by atoms with Crippen molar-refractivity contribution in [3.8, 4) is 0 Å². The van der Waals surface area contributed by atoms with Crippen molar-refractivity contribution in [1.29, 1.82) is 0 Å². The Balaban J connectivity index is 1.95. The van der Waals surface area contributed by atoms with Crippen molar-refractivity contribution in [2.45, 2.75) is 44.1 Å². The molecule has 0 radical (unpaired) electrons. The van der Waals surface area contributed by atoms with Crippen molar-refractivity contribution in [3.05, 3.63) is 36.5 Å². The van der Waals surface area contributed by atoms with Gasteiger partial charge in [-0.3, -0.25) is 9.78 Å². The number of nitrogens with zero attached hydrogens (tertiary/aromatic N) is 1. The number of carboxylic acid groups (broad SMARTS) is 1. The van der Waals surface area contributed by atoms with Crippen LogP contribution in [-0.4, -0.2) is 21.6 Å². The summed E-state index contributed by atoms with van der Waals surface area (Å²) in [6.45, 7) is 0. The smallest absolute Gasteiger partial charge is 0.305 e. The first kappa shape index (κ1) is 13.9. The second-order valence-electron chi connectivity index (χ2n) is 5.91. The Morgan fingerprint density at radius 3 is 2.71 bits per heavy atom. The molecule has 0 saturated heterocycles. The third kappa shape index (κ3) is 2.99. The molecule has 2 aromatic rings. The molecular weight excluding hydrogens is 264 g/mol. The van der Waals surface area contributed by atoms with Crippen molar-refractivity contribution < 1.29 is 9.90 Å². The van der Waals surface area contributed by atoms with Gasteiger partial charge in [0.2, 0.25) is 0 Å². The van der Waals surface area contributed by atoms with Crippen LogP contribution in [0.3, 0.4) is 0 Å². The minimum atomic E-state index is -0.734. The quantitative estimate of drug-likeness (QED) is 0.895. The molecule has 1 saturated carbocycles. The zero-order chi connectivity index (χ0) is 14.7. The van der Waals surface area contributed by atoms with Crippen LogP contribution in [0.2, 0.25) is 0 Å². The van der Waals surface area contributed by atoms with Crippen LogP contribution >= 0.6 is 0 Å². The number of benzene rings is 1. The molecule has 0 aliphatic heterocycles. The molecule has 0 spiro atoms. The highest BCUT2D eigenvalue weighted by molar-refractivity contribution is 5.91. The second kappa shape index (κ2) is 5.72. The Morgan fingerprint density at radius 1 is 1.19 bits per heavy atom. The molecular formula is C17H20N2O2. The monoisotopic (exact) mass is 284 g/mol. The molecule has 0 atom stereocenters. The molecule has 4 heteroatoms. The molecule has 2 N–H and O–H groups in total. The fraction of sp³-hybridized carbons (Fsp3) is 0.412. The summed E-state index contributed by atoms with van der Waals surface area (Å²) in [6, 6.07) is 9.90. The summed E-state index contributed by atoms with van der Waals surface area (Å²) < 4.78 is 0. The molecule has 1 aromatic heterocycles. The summed E-state index contributed by atoms with van der Waals surface area (Å²) >= 11 is 0. The molecule has 1 aliphatic carbocycles. The standard InChI is InChI=1S/C17H20N2O2/c20-16(21)12-17(9-4-1-5-10-17)19-15-8-11-18-14-7-3-2-6-13(14)15/h2-3,6-8,11H,1,4-5,9-10,12H2,(H,18,19)(H,20,21). The highest BCUT2D eigenvalue weighted by Crippen LogP contribution is 2.36. The van der Waals surface area contributed by atoms with Crippen LogP contribution in [0.5, 0.6) is 0 Å². The van der Waals surface area contributed by atoms with E-state index in [1.807, 2.05) is 30.3 Å². The molecule has 1 aliphatic rings. The molecule has 0 unspecified atom stereocenters. The Morgan fingerprint density at radius 2 is 1.95 bits per heavy atom. The molecule has 4 nitrogen and oxygen atoms in total. The van der Waals surface area contributed by atoms with Gasteiger partial charge in [0.25, 0.3) is 0 Å². The van der Waals surface area contributed by atoms with Gasteiger partial charge in [0.15, 0.2) is 0 Å². The number of rotatable bonds is 4. The van der Waals surface area contributed by atoms with Gasteiger partial charge in [-0.25, -0.2) is 0 Å². The van der Waals surface area contributed by atoms with Crippen molar-refractivity contribution >= 4 is 22.6 Å². The second-order valence-corrected chi connectivity index (χ2v) is 5.91. The lowest BCUT2D eigenvalue weighted by molar-refractivity contribution is -0.138. The lowest BCUT2D eigenvalue weighted by Crippen LogP contribution is -2.42. The number of anilines is 1. The van der Waals surface area contributed by atoms with Crippen molar-refractivity contribution in [2.24, 2.45) is 0 Å². The largest absolute Gasteiger partial charge is 0.481 e. The molecule has 21 heavy (non-hydrogen) atoms. The van der Waals surface area contributed by atoms with Gasteiger partial charge < -0.3 is 10.4 Å². The van der Waals surface area contributed by atoms with E-state index in [0.717, 1.165) is 42.3 Å². The minimum Gasteiger partial charge on any atom is -0.481 e. The zero-order valence-corrected chi connectivity index (χ0v) is 12.0. The summed E-state index contributed by atoms with van der Waals surface area (Å²) in [5.41, 5.74) is 1.60. The summed E-state index contributed by atoms with van der Waals surface area (Å²) in [4.78, 5) is 15.6. The van der Waals surface area contributed by atoms with E-state index in [0.29, 0.717) is 0 Å². The molecule has 1 fully saturated rings. The maximum absolute atomic E-state index is 11.3. The van der Waals surface area contributed by atoms with E-state index >= 15 is 0 Å². The SMILES string of the molecule is O=C(O)CC1(Nc2ccnc3ccccc23)CCCCC1. The number of hydrogen-bond acceptors (Lipinski definition) is 3. The fourth-order valence-electron chi connectivity index (χ4n) is 3.35. The van der Waals surface area contributed by atoms with Crippen LogP contribution in [0.25, 0.3) is 10.9 Å². The number of fused-ring (bicyclic) bond motifs is 1. The third-order valence-electron chi connectivity index (χ3n) is 4.35. The maximum atomic E-state index is 11.3. The van der Waals surface area contributed by atoms with Gasteiger partial charge >= 0.3 is 5.97 Å². The van der Waals surface area contributed by atoms with Crippen LogP contribution in [0, 0.1) is 0 Å². The first-order valence-corrected chi connectivity index (χ1v) is 7.52. The number of aliphatic carboxylic acids is 1. The molecule has 3 rings (SSSR count). The molecule has 0 amide bonds. The Bertz CT molecular complexity index is 643. The van der Waals surface area contributed by atoms with Gasteiger partial charge in [-0.05, 0) is 25.0 Å². The molecule has 1 aromatic carbocycles. The average Bonchev–Trinajstić information content (AvgIpc) is 2.48. The van der Waals surface area contributed by atoms with Gasteiger partial charge in [-0.2, -0.15) is 0 Å². The van der Waals surface area contributed by atoms with E-state index in [4.69, 9.17) is 0 Å². The number of carbonyl (C=O) groups is 1. The van der Waals surface area contributed by atoms with E-state index in [1.54, 1.807) is 6.20 Å². The number of carboxylic acids is 1. The Kier molecular flexibility index (Phi) is 3.78. The van der Waals surface area contributed by atoms with Crippen LogP contribution in [0.4, 0.5) is 5.69 Å². The topological polar surface area (TPSA) is 62.2 Å². The third-order valence-corrected chi connectivity index (χ3v) is 4.35. The number of aromatic nitrogens is 1. The van der Waals surface area contributed by atoms with Crippen LogP contribution < -0.4 is 5.32 Å². The van der Waals surface area contributed by atoms with E-state index in [9.17, 15) is 9.90 Å². The van der Waals surface area contributed by atoms with Crippen molar-refractivity contribution in [2.75, 3.05) is 5.32 Å². The molecule has 110 valence electrons. The first-order chi connectivity index (χ1) is 10.2. The van der Waals surface area contributed by atoms with Crippen molar-refractivity contribution in [1.82, 2.24) is 4.98 Å². The lowest BCUT2D eigenvalue weighted by Gasteiger charge is -2.38. The number of para-hydroxylation sites is 1. The Labute approximate surface area is 124 Å². The van der Waals surface area contributed by atoms with Gasteiger partial charge in [-0.15, -0.1) is 0 Å². The highest BCUT2D eigenvalue weighted by atomic mass is 16.4. The predicted molar refractivity (Wildman–Crippen MR) is 83.4 cm³/mol. The summed E-state index contributed by atoms with van der Waals surface area (Å²) in [6.07, 6.45) is 7.14. The maximum Gasteiger partial charge on any atom is 0.305 e. The lowest BCUT2D eigenvalue weighted by atomic mass is 9.79. The summed E-state index contributed by atoms with van der Waals surface area (Å²) in [7, 11) is 0. The minimum absolute atomic E-state index is 0.170. The predicted octanol–water partition coefficient (Wildman–Crippen LogP) is 3.82. The van der Waals surface area contributed by atoms with Gasteiger partial charge in [0, 0.05) is 22.8 Å². The number of pyridine rings is 1. The first-order valence-electron chi connectivity index (χ1n) is 7.52. The average molecular weight is 284 g/mol. The van der Waals surface area contributed by atoms with Crippen LogP contribution in [0.15, 0.2) is 36.5 Å². The van der Waals surface area contributed by atoms with Gasteiger partial charge in [0.1, 0.15) is 0 Å². The summed E-state index contributed by atoms with van der Waals surface area (Å²) in [5, 5.41) is 13.9. The van der Waals surface area contributed by atoms with Crippen molar-refractivity contribution in [3.63, 3.8) is 0 Å². The zero-order valence-electron chi connectivity index (χ0n) is 12.0. The summed E-state index contributed by atoms with van der Waals surface area (Å²) in [5.74, 6) is -0.734. The normalized spacial score (nSPS) is 17.5.